The molecule has 2 aliphatic rings. The van der Waals surface area contributed by atoms with E-state index < -0.39 is 5.60 Å². The highest BCUT2D eigenvalue weighted by Crippen LogP contribution is 2.34. The molecule has 2 aromatic rings. The van der Waals surface area contributed by atoms with E-state index in [1.807, 2.05) is 44.2 Å². The Bertz CT molecular complexity index is 925. The van der Waals surface area contributed by atoms with Crippen molar-refractivity contribution in [3.8, 4) is 0 Å². The fraction of sp³-hybridized carbons (Fsp3) is 0.500. The number of nitrogens with one attached hydrogen (secondary N) is 1. The number of halogens is 3. The number of para-hydroxylation sites is 2. The van der Waals surface area contributed by atoms with Gasteiger partial charge < -0.3 is 26.0 Å². The number of carbonyl (C=O) groups excluding carboxylic acids is 1. The molecule has 9 heteroatoms. The molecule has 35 heavy (non-hydrogen) atoms. The van der Waals surface area contributed by atoms with Crippen LogP contribution in [0.3, 0.4) is 0 Å². The van der Waals surface area contributed by atoms with Crippen LogP contribution in [0.2, 0.25) is 0 Å². The molecule has 0 bridgehead atoms. The van der Waals surface area contributed by atoms with Crippen molar-refractivity contribution < 1.29 is 9.90 Å². The molecule has 0 atom stereocenters. The fourth-order valence-corrected chi connectivity index (χ4v) is 4.59. The van der Waals surface area contributed by atoms with Crippen LogP contribution in [0.1, 0.15) is 49.9 Å². The molecule has 1 saturated heterocycles. The van der Waals surface area contributed by atoms with Crippen molar-refractivity contribution in [2.45, 2.75) is 51.2 Å². The Balaban J connectivity index is 0.00000204. The molecule has 2 fully saturated rings. The van der Waals surface area contributed by atoms with Crippen molar-refractivity contribution in [3.63, 3.8) is 0 Å². The van der Waals surface area contributed by atoms with E-state index in [2.05, 4.69) is 27.2 Å². The zero-order chi connectivity index (χ0) is 22.7. The predicted octanol–water partition coefficient (Wildman–Crippen LogP) is 5.24. The quantitative estimate of drug-likeness (QED) is 0.395. The number of hydrogen-bond acceptors (Lipinski definition) is 5. The van der Waals surface area contributed by atoms with Gasteiger partial charge in [0.25, 0.3) is 5.91 Å². The van der Waals surface area contributed by atoms with E-state index in [-0.39, 0.29) is 43.1 Å². The normalized spacial score (nSPS) is 16.3. The topological polar surface area (TPSA) is 81.8 Å². The number of piperidine rings is 1. The number of aliphatic hydroxyl groups is 1. The van der Waals surface area contributed by atoms with E-state index >= 15 is 0 Å². The number of nitrogen functional groups attached to an aromatic ring is 1. The van der Waals surface area contributed by atoms with Gasteiger partial charge in [-0.2, -0.15) is 0 Å². The average molecular weight is 546 g/mol. The Kier molecular flexibility index (Phi) is 12.1. The zero-order valence-electron chi connectivity index (χ0n) is 20.5. The zero-order valence-corrected chi connectivity index (χ0v) is 22.9. The van der Waals surface area contributed by atoms with Crippen molar-refractivity contribution in [2.75, 3.05) is 42.1 Å². The minimum atomic E-state index is -0.651. The first-order valence-electron chi connectivity index (χ1n) is 11.8. The molecule has 1 heterocycles. The van der Waals surface area contributed by atoms with E-state index in [1.54, 1.807) is 6.07 Å². The number of nitrogens with zero attached hydrogens (tertiary/aromatic N) is 2. The highest BCUT2D eigenvalue weighted by molar-refractivity contribution is 6.05. The van der Waals surface area contributed by atoms with Crippen LogP contribution in [-0.4, -0.2) is 53.7 Å². The Morgan fingerprint density at radius 1 is 1.03 bits per heavy atom. The SMILES string of the molecule is CC(C)(O)CN1CCC(N(CC2CC2)c2ccc(C(=O)Nc3ccccc3N)cc2)CC1.Cl.Cl.Cl. The van der Waals surface area contributed by atoms with Gasteiger partial charge in [-0.25, -0.2) is 0 Å². The van der Waals surface area contributed by atoms with Gasteiger partial charge in [-0.3, -0.25) is 4.79 Å². The molecular formula is C26H39Cl3N4O2. The molecule has 1 saturated carbocycles. The van der Waals surface area contributed by atoms with E-state index in [1.165, 1.54) is 18.5 Å². The van der Waals surface area contributed by atoms with Crippen molar-refractivity contribution in [3.05, 3.63) is 54.1 Å². The summed E-state index contributed by atoms with van der Waals surface area (Å²) < 4.78 is 0. The van der Waals surface area contributed by atoms with Gasteiger partial charge >= 0.3 is 0 Å². The third kappa shape index (κ3) is 9.03. The molecule has 2 aromatic carbocycles. The van der Waals surface area contributed by atoms with Crippen molar-refractivity contribution in [2.24, 2.45) is 5.92 Å². The summed E-state index contributed by atoms with van der Waals surface area (Å²) in [5.74, 6) is 0.636. The second-order valence-corrected chi connectivity index (χ2v) is 10.0. The Morgan fingerprint density at radius 3 is 2.17 bits per heavy atom. The highest BCUT2D eigenvalue weighted by atomic mass is 35.5. The van der Waals surface area contributed by atoms with Crippen LogP contribution in [0, 0.1) is 5.92 Å². The number of likely N-dealkylation sites (tertiary alicyclic amines) is 1. The van der Waals surface area contributed by atoms with E-state index in [4.69, 9.17) is 5.73 Å². The van der Waals surface area contributed by atoms with Crippen LogP contribution >= 0.6 is 37.2 Å². The van der Waals surface area contributed by atoms with Crippen molar-refractivity contribution >= 4 is 60.2 Å². The number of nitrogens with two attached hydrogens (primary N) is 1. The van der Waals surface area contributed by atoms with Gasteiger partial charge in [0, 0.05) is 43.5 Å². The number of β-amino-alcohol motifs (C(OH)–C–C–N with tert-alkyl or cyclic N) is 1. The van der Waals surface area contributed by atoms with Gasteiger partial charge in [0.05, 0.1) is 17.0 Å². The predicted molar refractivity (Wildman–Crippen MR) is 153 cm³/mol. The summed E-state index contributed by atoms with van der Waals surface area (Å²) in [6.07, 6.45) is 4.82. The standard InChI is InChI=1S/C26H36N4O2.3ClH/c1-26(2,32)18-29-15-13-22(14-16-29)30(17-19-7-8-19)21-11-9-20(10-12-21)25(31)28-24-6-4-3-5-23(24)27;;;/h3-6,9-12,19,22,32H,7-8,13-18,27H2,1-2H3,(H,28,31);3*1H. The minimum absolute atomic E-state index is 0. The van der Waals surface area contributed by atoms with Crippen LogP contribution in [0.15, 0.2) is 48.5 Å². The average Bonchev–Trinajstić information content (AvgIpc) is 3.58. The second-order valence-electron chi connectivity index (χ2n) is 10.0. The molecule has 0 aromatic heterocycles. The van der Waals surface area contributed by atoms with E-state index in [0.717, 1.165) is 44.9 Å². The lowest BCUT2D eigenvalue weighted by molar-refractivity contribution is 0.0281. The summed E-state index contributed by atoms with van der Waals surface area (Å²) in [7, 11) is 0. The Morgan fingerprint density at radius 2 is 1.63 bits per heavy atom. The Labute approximate surface area is 227 Å². The lowest BCUT2D eigenvalue weighted by Gasteiger charge is -2.41. The number of hydrogen-bond donors (Lipinski definition) is 3. The molecule has 0 spiro atoms. The number of rotatable bonds is 8. The molecule has 4 N–H and O–H groups in total. The first-order valence-corrected chi connectivity index (χ1v) is 11.8. The van der Waals surface area contributed by atoms with Crippen LogP contribution in [0.5, 0.6) is 0 Å². The minimum Gasteiger partial charge on any atom is -0.397 e. The van der Waals surface area contributed by atoms with Crippen LogP contribution in [0.25, 0.3) is 0 Å². The van der Waals surface area contributed by atoms with Crippen LogP contribution in [-0.2, 0) is 0 Å². The second kappa shape index (κ2) is 13.6. The first-order chi connectivity index (χ1) is 15.3. The Hall–Kier alpha value is -1.70. The lowest BCUT2D eigenvalue weighted by Crippen LogP contribution is -2.49. The molecule has 0 radical (unpaired) electrons. The molecule has 1 aliphatic carbocycles. The van der Waals surface area contributed by atoms with Crippen molar-refractivity contribution in [1.82, 2.24) is 4.90 Å². The molecule has 196 valence electrons. The summed E-state index contributed by atoms with van der Waals surface area (Å²) in [4.78, 5) is 17.6. The summed E-state index contributed by atoms with van der Waals surface area (Å²) in [6, 6.07) is 15.8. The molecule has 6 nitrogen and oxygen atoms in total. The fourth-order valence-electron chi connectivity index (χ4n) is 4.59. The molecule has 1 amide bonds. The monoisotopic (exact) mass is 544 g/mol. The van der Waals surface area contributed by atoms with E-state index in [0.29, 0.717) is 23.0 Å². The molecule has 4 rings (SSSR count). The van der Waals surface area contributed by atoms with Gasteiger partial charge in [-0.15, -0.1) is 37.2 Å². The van der Waals surface area contributed by atoms with Crippen LogP contribution in [0.4, 0.5) is 17.1 Å². The largest absolute Gasteiger partial charge is 0.397 e. The van der Waals surface area contributed by atoms with Crippen molar-refractivity contribution in [1.29, 1.82) is 0 Å². The third-order valence-electron chi connectivity index (χ3n) is 6.43. The maximum atomic E-state index is 12.7. The number of benzene rings is 2. The molecule has 1 aliphatic heterocycles. The summed E-state index contributed by atoms with van der Waals surface area (Å²) in [5.41, 5.74) is 8.31. The lowest BCUT2D eigenvalue weighted by atomic mass is 9.99. The number of amides is 1. The maximum absolute atomic E-state index is 12.7. The van der Waals surface area contributed by atoms with Gasteiger partial charge in [-0.1, -0.05) is 12.1 Å². The number of carbonyl (C=O) groups is 1. The third-order valence-corrected chi connectivity index (χ3v) is 6.43. The van der Waals surface area contributed by atoms with Gasteiger partial charge in [0.2, 0.25) is 0 Å². The van der Waals surface area contributed by atoms with E-state index in [9.17, 15) is 9.90 Å². The van der Waals surface area contributed by atoms with Crippen LogP contribution < -0.4 is 16.0 Å². The molecule has 0 unspecified atom stereocenters. The number of anilines is 3. The smallest absolute Gasteiger partial charge is 0.255 e. The highest BCUT2D eigenvalue weighted by Gasteiger charge is 2.31. The summed E-state index contributed by atoms with van der Waals surface area (Å²) in [6.45, 7) is 7.58. The van der Waals surface area contributed by atoms with Gasteiger partial charge in [-0.05, 0) is 81.8 Å². The summed E-state index contributed by atoms with van der Waals surface area (Å²) >= 11 is 0. The first kappa shape index (κ1) is 31.3. The van der Waals surface area contributed by atoms with Gasteiger partial charge in [0.15, 0.2) is 0 Å². The molecular weight excluding hydrogens is 507 g/mol. The van der Waals surface area contributed by atoms with Gasteiger partial charge in [0.1, 0.15) is 0 Å². The summed E-state index contributed by atoms with van der Waals surface area (Å²) in [5, 5.41) is 13.0. The maximum Gasteiger partial charge on any atom is 0.255 e.